The van der Waals surface area contributed by atoms with E-state index in [1.807, 2.05) is 6.07 Å². The Morgan fingerprint density at radius 1 is 1.59 bits per heavy atom. The van der Waals surface area contributed by atoms with E-state index in [0.717, 1.165) is 18.0 Å². The summed E-state index contributed by atoms with van der Waals surface area (Å²) in [5.41, 5.74) is 6.66. The van der Waals surface area contributed by atoms with Crippen molar-refractivity contribution in [1.29, 1.82) is 0 Å². The Labute approximate surface area is 106 Å². The largest absolute Gasteiger partial charge is 0.366 e. The average molecular weight is 253 g/mol. The normalized spacial score (nSPS) is 22.5. The summed E-state index contributed by atoms with van der Waals surface area (Å²) >= 11 is 6.10. The third-order valence-electron chi connectivity index (χ3n) is 3.34. The standard InChI is InChI=1S/C13H17ClN2O/c1-2-8-6-12(8)16-7-10-4-3-9(13(15)17)5-11(10)14/h3-5,8,12,16H,2,6-7H2,1H3,(H2,15,17). The maximum Gasteiger partial charge on any atom is 0.248 e. The van der Waals surface area contributed by atoms with Crippen LogP contribution in [0.4, 0.5) is 0 Å². The van der Waals surface area contributed by atoms with E-state index in [9.17, 15) is 4.79 Å². The molecule has 0 aliphatic heterocycles. The third-order valence-corrected chi connectivity index (χ3v) is 3.69. The molecule has 0 spiro atoms. The number of nitrogens with two attached hydrogens (primary N) is 1. The lowest BCUT2D eigenvalue weighted by Gasteiger charge is -2.07. The highest BCUT2D eigenvalue weighted by atomic mass is 35.5. The molecule has 4 heteroatoms. The Morgan fingerprint density at radius 3 is 2.88 bits per heavy atom. The van der Waals surface area contributed by atoms with Crippen molar-refractivity contribution in [3.05, 3.63) is 34.3 Å². The second-order valence-electron chi connectivity index (χ2n) is 4.56. The Kier molecular flexibility index (Phi) is 3.69. The van der Waals surface area contributed by atoms with Gasteiger partial charge in [0.15, 0.2) is 0 Å². The second-order valence-corrected chi connectivity index (χ2v) is 4.97. The van der Waals surface area contributed by atoms with E-state index >= 15 is 0 Å². The molecule has 0 bridgehead atoms. The van der Waals surface area contributed by atoms with Gasteiger partial charge in [-0.3, -0.25) is 4.79 Å². The Balaban J connectivity index is 1.95. The number of rotatable bonds is 5. The van der Waals surface area contributed by atoms with E-state index in [1.165, 1.54) is 12.8 Å². The number of halogens is 1. The average Bonchev–Trinajstić information content (AvgIpc) is 3.06. The van der Waals surface area contributed by atoms with Crippen molar-refractivity contribution < 1.29 is 4.79 Å². The van der Waals surface area contributed by atoms with Crippen LogP contribution in [0.1, 0.15) is 35.7 Å². The van der Waals surface area contributed by atoms with Gasteiger partial charge < -0.3 is 11.1 Å². The second kappa shape index (κ2) is 5.07. The quantitative estimate of drug-likeness (QED) is 0.845. The first-order valence-corrected chi connectivity index (χ1v) is 6.31. The molecule has 1 aromatic carbocycles. The highest BCUT2D eigenvalue weighted by molar-refractivity contribution is 6.31. The first kappa shape index (κ1) is 12.4. The molecule has 2 atom stereocenters. The van der Waals surface area contributed by atoms with Crippen LogP contribution in [-0.2, 0) is 6.54 Å². The molecule has 1 saturated carbocycles. The van der Waals surface area contributed by atoms with Crippen molar-refractivity contribution >= 4 is 17.5 Å². The lowest BCUT2D eigenvalue weighted by atomic mass is 10.1. The van der Waals surface area contributed by atoms with Crippen LogP contribution < -0.4 is 11.1 Å². The molecule has 1 amide bonds. The maximum absolute atomic E-state index is 11.0. The van der Waals surface area contributed by atoms with Crippen molar-refractivity contribution in [2.24, 2.45) is 11.7 Å². The van der Waals surface area contributed by atoms with Gasteiger partial charge >= 0.3 is 0 Å². The number of hydrogen-bond acceptors (Lipinski definition) is 2. The number of carbonyl (C=O) groups excluding carboxylic acids is 1. The molecule has 3 nitrogen and oxygen atoms in total. The molecule has 17 heavy (non-hydrogen) atoms. The molecule has 0 saturated heterocycles. The molecule has 1 aromatic rings. The molecular formula is C13H17ClN2O. The third kappa shape index (κ3) is 2.99. The van der Waals surface area contributed by atoms with Gasteiger partial charge in [-0.2, -0.15) is 0 Å². The zero-order valence-electron chi connectivity index (χ0n) is 9.87. The van der Waals surface area contributed by atoms with Gasteiger partial charge in [0, 0.05) is 23.2 Å². The fraction of sp³-hybridized carbons (Fsp3) is 0.462. The molecule has 2 unspecified atom stereocenters. The molecule has 1 aliphatic rings. The fourth-order valence-electron chi connectivity index (χ4n) is 2.03. The monoisotopic (exact) mass is 252 g/mol. The lowest BCUT2D eigenvalue weighted by Crippen LogP contribution is -2.18. The predicted octanol–water partition coefficient (Wildman–Crippen LogP) is 2.33. The number of carbonyl (C=O) groups is 1. The van der Waals surface area contributed by atoms with Gasteiger partial charge in [0.05, 0.1) is 0 Å². The molecular weight excluding hydrogens is 236 g/mol. The van der Waals surface area contributed by atoms with E-state index in [4.69, 9.17) is 17.3 Å². The van der Waals surface area contributed by atoms with Crippen LogP contribution in [0.25, 0.3) is 0 Å². The molecule has 1 fully saturated rings. The minimum Gasteiger partial charge on any atom is -0.366 e. The summed E-state index contributed by atoms with van der Waals surface area (Å²) in [4.78, 5) is 11.0. The van der Waals surface area contributed by atoms with Crippen LogP contribution in [0, 0.1) is 5.92 Å². The first-order chi connectivity index (χ1) is 8.11. The van der Waals surface area contributed by atoms with Gasteiger partial charge in [0.1, 0.15) is 0 Å². The summed E-state index contributed by atoms with van der Waals surface area (Å²) in [6, 6.07) is 5.84. The van der Waals surface area contributed by atoms with Crippen molar-refractivity contribution in [3.8, 4) is 0 Å². The number of amides is 1. The van der Waals surface area contributed by atoms with Gasteiger partial charge in [0.25, 0.3) is 0 Å². The Morgan fingerprint density at radius 2 is 2.35 bits per heavy atom. The minimum absolute atomic E-state index is 0.445. The first-order valence-electron chi connectivity index (χ1n) is 5.93. The van der Waals surface area contributed by atoms with Crippen molar-refractivity contribution in [2.45, 2.75) is 32.4 Å². The van der Waals surface area contributed by atoms with Crippen LogP contribution in [-0.4, -0.2) is 11.9 Å². The summed E-state index contributed by atoms with van der Waals surface area (Å²) in [7, 11) is 0. The molecule has 3 N–H and O–H groups in total. The zero-order chi connectivity index (χ0) is 12.4. The topological polar surface area (TPSA) is 55.1 Å². The van der Waals surface area contributed by atoms with E-state index in [-0.39, 0.29) is 0 Å². The molecule has 0 radical (unpaired) electrons. The molecule has 0 heterocycles. The van der Waals surface area contributed by atoms with Gasteiger partial charge in [-0.05, 0) is 30.0 Å². The van der Waals surface area contributed by atoms with Crippen molar-refractivity contribution in [1.82, 2.24) is 5.32 Å². The molecule has 92 valence electrons. The fourth-order valence-corrected chi connectivity index (χ4v) is 2.28. The van der Waals surface area contributed by atoms with Crippen molar-refractivity contribution in [3.63, 3.8) is 0 Å². The van der Waals surface area contributed by atoms with Gasteiger partial charge in [0.2, 0.25) is 5.91 Å². The maximum atomic E-state index is 11.0. The molecule has 2 rings (SSSR count). The van der Waals surface area contributed by atoms with Crippen LogP contribution in [0.5, 0.6) is 0 Å². The summed E-state index contributed by atoms with van der Waals surface area (Å²) < 4.78 is 0. The molecule has 1 aliphatic carbocycles. The number of primary amides is 1. The number of benzene rings is 1. The van der Waals surface area contributed by atoms with Gasteiger partial charge in [-0.15, -0.1) is 0 Å². The SMILES string of the molecule is CCC1CC1NCc1ccc(C(N)=O)cc1Cl. The summed E-state index contributed by atoms with van der Waals surface area (Å²) in [5, 5.41) is 4.06. The lowest BCUT2D eigenvalue weighted by molar-refractivity contribution is 0.100. The van der Waals surface area contributed by atoms with Crippen LogP contribution >= 0.6 is 11.6 Å². The summed E-state index contributed by atoms with van der Waals surface area (Å²) in [6.45, 7) is 2.96. The minimum atomic E-state index is -0.445. The highest BCUT2D eigenvalue weighted by Gasteiger charge is 2.34. The van der Waals surface area contributed by atoms with E-state index in [2.05, 4.69) is 12.2 Å². The van der Waals surface area contributed by atoms with Crippen LogP contribution in [0.15, 0.2) is 18.2 Å². The Bertz CT molecular complexity index is 433. The van der Waals surface area contributed by atoms with Gasteiger partial charge in [-0.25, -0.2) is 0 Å². The Hall–Kier alpha value is -1.06. The smallest absolute Gasteiger partial charge is 0.248 e. The predicted molar refractivity (Wildman–Crippen MR) is 69.0 cm³/mol. The highest BCUT2D eigenvalue weighted by Crippen LogP contribution is 2.33. The van der Waals surface area contributed by atoms with E-state index in [1.54, 1.807) is 12.1 Å². The van der Waals surface area contributed by atoms with E-state index < -0.39 is 5.91 Å². The molecule has 0 aromatic heterocycles. The summed E-state index contributed by atoms with van der Waals surface area (Å²) in [6.07, 6.45) is 2.49. The number of hydrogen-bond donors (Lipinski definition) is 2. The van der Waals surface area contributed by atoms with Gasteiger partial charge in [-0.1, -0.05) is 31.0 Å². The van der Waals surface area contributed by atoms with Crippen LogP contribution in [0.3, 0.4) is 0 Å². The van der Waals surface area contributed by atoms with Crippen LogP contribution in [0.2, 0.25) is 5.02 Å². The van der Waals surface area contributed by atoms with E-state index in [0.29, 0.717) is 16.6 Å². The number of nitrogens with one attached hydrogen (secondary N) is 1. The summed E-state index contributed by atoms with van der Waals surface area (Å²) in [5.74, 6) is 0.373. The zero-order valence-corrected chi connectivity index (χ0v) is 10.6. The van der Waals surface area contributed by atoms with Crippen molar-refractivity contribution in [2.75, 3.05) is 0 Å².